The molecule has 0 radical (unpaired) electrons. The van der Waals surface area contributed by atoms with Gasteiger partial charge in [0.2, 0.25) is 5.91 Å². The van der Waals surface area contributed by atoms with Gasteiger partial charge in [0.25, 0.3) is 5.91 Å². The maximum absolute atomic E-state index is 12.6. The number of amides is 2. The van der Waals surface area contributed by atoms with Crippen molar-refractivity contribution < 1.29 is 9.59 Å². The van der Waals surface area contributed by atoms with Crippen LogP contribution in [-0.4, -0.2) is 52.8 Å². The summed E-state index contributed by atoms with van der Waals surface area (Å²) in [6.45, 7) is 1.07. The molecule has 2 bridgehead atoms. The van der Waals surface area contributed by atoms with Crippen molar-refractivity contribution in [3.63, 3.8) is 0 Å². The highest BCUT2D eigenvalue weighted by molar-refractivity contribution is 6.30. The number of carbonyl (C=O) groups is 2. The molecule has 1 aromatic heterocycles. The molecule has 1 aromatic rings. The second-order valence-electron chi connectivity index (χ2n) is 5.80. The number of fused-ring (bicyclic) bond motifs is 3. The van der Waals surface area contributed by atoms with Gasteiger partial charge in [-0.05, 0) is 25.0 Å². The second kappa shape index (κ2) is 5.64. The highest BCUT2D eigenvalue weighted by Gasteiger charge is 2.38. The molecule has 2 aliphatic heterocycles. The monoisotopic (exact) mass is 307 g/mol. The molecule has 3 heterocycles. The van der Waals surface area contributed by atoms with Gasteiger partial charge >= 0.3 is 0 Å². The van der Waals surface area contributed by atoms with E-state index in [1.165, 1.54) is 6.20 Å². The topological polar surface area (TPSA) is 53.5 Å². The van der Waals surface area contributed by atoms with Gasteiger partial charge in [-0.25, -0.2) is 4.98 Å². The van der Waals surface area contributed by atoms with Crippen LogP contribution < -0.4 is 0 Å². The summed E-state index contributed by atoms with van der Waals surface area (Å²) in [5, 5.41) is 0.509. The van der Waals surface area contributed by atoms with E-state index in [0.717, 1.165) is 19.3 Å². The van der Waals surface area contributed by atoms with Crippen molar-refractivity contribution in [3.8, 4) is 0 Å². The summed E-state index contributed by atoms with van der Waals surface area (Å²) in [5.41, 5.74) is 0.384. The molecule has 2 unspecified atom stereocenters. The minimum Gasteiger partial charge on any atom is -0.341 e. The molecule has 3 rings (SSSR count). The largest absolute Gasteiger partial charge is 0.341 e. The number of likely N-dealkylation sites (N-methyl/N-ethyl adjacent to an activating group) is 1. The molecule has 2 atom stereocenters. The zero-order valence-electron chi connectivity index (χ0n) is 12.0. The SMILES string of the molecule is CN1C(=O)C2CCCC1CN(C(=O)c1ccc(Cl)cn1)C2. The zero-order chi connectivity index (χ0) is 15.0. The van der Waals surface area contributed by atoms with Crippen LogP contribution in [0.5, 0.6) is 0 Å². The normalized spacial score (nSPS) is 25.7. The molecule has 112 valence electrons. The number of halogens is 1. The molecule has 0 aliphatic carbocycles. The Hall–Kier alpha value is -1.62. The molecule has 0 aromatic carbocycles. The van der Waals surface area contributed by atoms with Crippen molar-refractivity contribution in [2.24, 2.45) is 5.92 Å². The van der Waals surface area contributed by atoms with Gasteiger partial charge in [-0.15, -0.1) is 0 Å². The number of rotatable bonds is 1. The Bertz CT molecular complexity index is 561. The van der Waals surface area contributed by atoms with Crippen molar-refractivity contribution >= 4 is 23.4 Å². The lowest BCUT2D eigenvalue weighted by Gasteiger charge is -2.29. The van der Waals surface area contributed by atoms with Gasteiger partial charge in [0.05, 0.1) is 10.9 Å². The van der Waals surface area contributed by atoms with E-state index in [0.29, 0.717) is 23.8 Å². The minimum absolute atomic E-state index is 0.0845. The summed E-state index contributed by atoms with van der Waals surface area (Å²) in [5.74, 6) is -0.0396. The van der Waals surface area contributed by atoms with Crippen LogP contribution >= 0.6 is 11.6 Å². The average molecular weight is 308 g/mol. The van der Waals surface area contributed by atoms with Gasteiger partial charge in [0.15, 0.2) is 0 Å². The maximum atomic E-state index is 12.6. The first-order valence-corrected chi connectivity index (χ1v) is 7.61. The van der Waals surface area contributed by atoms with E-state index in [1.54, 1.807) is 17.0 Å². The first-order chi connectivity index (χ1) is 10.1. The lowest BCUT2D eigenvalue weighted by atomic mass is 9.99. The summed E-state index contributed by atoms with van der Waals surface area (Å²) in [7, 11) is 1.85. The van der Waals surface area contributed by atoms with Gasteiger partial charge in [0, 0.05) is 32.4 Å². The third-order valence-electron chi connectivity index (χ3n) is 4.44. The summed E-state index contributed by atoms with van der Waals surface area (Å²) in [6.07, 6.45) is 4.34. The number of likely N-dealkylation sites (tertiary alicyclic amines) is 1. The molecular formula is C15H18ClN3O2. The van der Waals surface area contributed by atoms with Crippen LogP contribution in [0, 0.1) is 5.92 Å². The molecule has 0 N–H and O–H groups in total. The summed E-state index contributed by atoms with van der Waals surface area (Å²) < 4.78 is 0. The van der Waals surface area contributed by atoms with Gasteiger partial charge in [-0.1, -0.05) is 18.0 Å². The number of nitrogens with zero attached hydrogens (tertiary/aromatic N) is 3. The number of hydrogen-bond acceptors (Lipinski definition) is 3. The number of hydrogen-bond donors (Lipinski definition) is 0. The molecule has 2 aliphatic rings. The maximum Gasteiger partial charge on any atom is 0.272 e. The number of aromatic nitrogens is 1. The highest BCUT2D eigenvalue weighted by Crippen LogP contribution is 2.27. The fourth-order valence-electron chi connectivity index (χ4n) is 3.19. The third kappa shape index (κ3) is 2.75. The summed E-state index contributed by atoms with van der Waals surface area (Å²) in [6, 6.07) is 3.41. The molecule has 6 heteroatoms. The highest BCUT2D eigenvalue weighted by atomic mass is 35.5. The van der Waals surface area contributed by atoms with Gasteiger partial charge in [-0.3, -0.25) is 9.59 Å². The van der Waals surface area contributed by atoms with E-state index in [-0.39, 0.29) is 23.8 Å². The van der Waals surface area contributed by atoms with Crippen LogP contribution in [0.25, 0.3) is 0 Å². The molecular weight excluding hydrogens is 290 g/mol. The molecule has 0 spiro atoms. The molecule has 2 saturated heterocycles. The van der Waals surface area contributed by atoms with Crippen LogP contribution in [-0.2, 0) is 4.79 Å². The third-order valence-corrected chi connectivity index (χ3v) is 4.66. The number of carbonyl (C=O) groups excluding carboxylic acids is 2. The predicted molar refractivity (Wildman–Crippen MR) is 79.0 cm³/mol. The lowest BCUT2D eigenvalue weighted by molar-refractivity contribution is -0.134. The predicted octanol–water partition coefficient (Wildman–Crippen LogP) is 1.82. The van der Waals surface area contributed by atoms with E-state index < -0.39 is 0 Å². The first kappa shape index (κ1) is 14.3. The van der Waals surface area contributed by atoms with Crippen LogP contribution in [0.1, 0.15) is 29.8 Å². The van der Waals surface area contributed by atoms with Crippen LogP contribution in [0.15, 0.2) is 18.3 Å². The van der Waals surface area contributed by atoms with Crippen molar-refractivity contribution in [1.82, 2.24) is 14.8 Å². The fraction of sp³-hybridized carbons (Fsp3) is 0.533. The van der Waals surface area contributed by atoms with Crippen molar-refractivity contribution in [2.75, 3.05) is 20.1 Å². The minimum atomic E-state index is -0.119. The Balaban J connectivity index is 1.84. The van der Waals surface area contributed by atoms with Crippen molar-refractivity contribution in [1.29, 1.82) is 0 Å². The summed E-state index contributed by atoms with van der Waals surface area (Å²) >= 11 is 5.81. The summed E-state index contributed by atoms with van der Waals surface area (Å²) in [4.78, 5) is 32.6. The quantitative estimate of drug-likeness (QED) is 0.795. The first-order valence-electron chi connectivity index (χ1n) is 7.24. The van der Waals surface area contributed by atoms with Gasteiger partial charge < -0.3 is 9.80 Å². The van der Waals surface area contributed by atoms with E-state index in [2.05, 4.69) is 4.98 Å². The number of pyridine rings is 1. The second-order valence-corrected chi connectivity index (χ2v) is 6.24. The molecule has 0 saturated carbocycles. The lowest BCUT2D eigenvalue weighted by Crippen LogP contribution is -2.42. The standard InChI is InChI=1S/C15H18ClN3O2/c1-18-12-4-2-3-10(14(18)20)8-19(9-12)15(21)13-6-5-11(16)7-17-13/h5-7,10,12H,2-4,8-9H2,1H3. The average Bonchev–Trinajstić information content (AvgIpc) is 2.65. The Labute approximate surface area is 128 Å². The Morgan fingerprint density at radius 1 is 1.33 bits per heavy atom. The van der Waals surface area contributed by atoms with E-state index in [4.69, 9.17) is 11.6 Å². The Morgan fingerprint density at radius 3 is 2.86 bits per heavy atom. The molecule has 21 heavy (non-hydrogen) atoms. The van der Waals surface area contributed by atoms with Crippen LogP contribution in [0.2, 0.25) is 5.02 Å². The van der Waals surface area contributed by atoms with E-state index in [1.807, 2.05) is 11.9 Å². The Morgan fingerprint density at radius 2 is 2.14 bits per heavy atom. The van der Waals surface area contributed by atoms with Gasteiger partial charge in [0.1, 0.15) is 5.69 Å². The molecule has 2 fully saturated rings. The molecule has 5 nitrogen and oxygen atoms in total. The van der Waals surface area contributed by atoms with E-state index >= 15 is 0 Å². The zero-order valence-corrected chi connectivity index (χ0v) is 12.7. The van der Waals surface area contributed by atoms with Crippen molar-refractivity contribution in [2.45, 2.75) is 25.3 Å². The fourth-order valence-corrected chi connectivity index (χ4v) is 3.30. The van der Waals surface area contributed by atoms with Crippen LogP contribution in [0.4, 0.5) is 0 Å². The van der Waals surface area contributed by atoms with E-state index in [9.17, 15) is 9.59 Å². The van der Waals surface area contributed by atoms with Crippen molar-refractivity contribution in [3.05, 3.63) is 29.0 Å². The molecule has 2 amide bonds. The Kier molecular flexibility index (Phi) is 3.85. The van der Waals surface area contributed by atoms with Gasteiger partial charge in [-0.2, -0.15) is 0 Å². The van der Waals surface area contributed by atoms with Crippen LogP contribution in [0.3, 0.4) is 0 Å². The smallest absolute Gasteiger partial charge is 0.272 e.